The van der Waals surface area contributed by atoms with Crippen LogP contribution in [0.1, 0.15) is 30.9 Å². The lowest BCUT2D eigenvalue weighted by Gasteiger charge is -2.22. The van der Waals surface area contributed by atoms with Gasteiger partial charge < -0.3 is 10.5 Å². The number of hydrogen-bond acceptors (Lipinski definition) is 3. The molecule has 19 heavy (non-hydrogen) atoms. The van der Waals surface area contributed by atoms with Crippen molar-refractivity contribution < 1.29 is 4.74 Å². The molecule has 2 fully saturated rings. The highest BCUT2D eigenvalue weighted by atomic mass is 79.9. The molecule has 1 heterocycles. The molecule has 3 nitrogen and oxygen atoms in total. The number of nitrogens with zero attached hydrogens (tertiary/aromatic N) is 1. The molecule has 1 aliphatic carbocycles. The van der Waals surface area contributed by atoms with Gasteiger partial charge in [-0.2, -0.15) is 0 Å². The highest BCUT2D eigenvalue weighted by Crippen LogP contribution is 2.41. The fourth-order valence-corrected chi connectivity index (χ4v) is 3.27. The molecule has 4 heteroatoms. The SMILES string of the molecule is CN1CC(CN)CC1c1cc(Br)ccc1OC1CC1. The molecular weight excluding hydrogens is 304 g/mol. The largest absolute Gasteiger partial charge is 0.490 e. The highest BCUT2D eigenvalue weighted by Gasteiger charge is 2.33. The summed E-state index contributed by atoms with van der Waals surface area (Å²) in [7, 11) is 2.18. The van der Waals surface area contributed by atoms with Crippen molar-refractivity contribution >= 4 is 15.9 Å². The number of hydrogen-bond donors (Lipinski definition) is 1. The van der Waals surface area contributed by atoms with Gasteiger partial charge in [-0.05, 0) is 57.0 Å². The first-order chi connectivity index (χ1) is 9.17. The second-order valence-electron chi connectivity index (χ2n) is 5.79. The summed E-state index contributed by atoms with van der Waals surface area (Å²) in [6, 6.07) is 6.80. The summed E-state index contributed by atoms with van der Waals surface area (Å²) in [6.45, 7) is 1.85. The molecule has 0 amide bonds. The number of ether oxygens (including phenoxy) is 1. The summed E-state index contributed by atoms with van der Waals surface area (Å²) in [5.74, 6) is 1.66. The topological polar surface area (TPSA) is 38.5 Å². The average molecular weight is 325 g/mol. The fourth-order valence-electron chi connectivity index (χ4n) is 2.89. The van der Waals surface area contributed by atoms with E-state index in [4.69, 9.17) is 10.5 Å². The van der Waals surface area contributed by atoms with Crippen molar-refractivity contribution in [3.8, 4) is 5.75 Å². The maximum atomic E-state index is 6.06. The molecule has 1 saturated carbocycles. The van der Waals surface area contributed by atoms with Gasteiger partial charge in [0.05, 0.1) is 6.10 Å². The van der Waals surface area contributed by atoms with Gasteiger partial charge in [0.25, 0.3) is 0 Å². The fraction of sp³-hybridized carbons (Fsp3) is 0.600. The lowest BCUT2D eigenvalue weighted by Crippen LogP contribution is -2.21. The van der Waals surface area contributed by atoms with E-state index in [9.17, 15) is 0 Å². The third-order valence-electron chi connectivity index (χ3n) is 4.12. The van der Waals surface area contributed by atoms with E-state index in [1.807, 2.05) is 0 Å². The second kappa shape index (κ2) is 5.43. The molecule has 1 aromatic carbocycles. The lowest BCUT2D eigenvalue weighted by atomic mass is 9.99. The Kier molecular flexibility index (Phi) is 3.83. The molecule has 104 valence electrons. The Morgan fingerprint density at radius 3 is 2.84 bits per heavy atom. The Labute approximate surface area is 123 Å². The van der Waals surface area contributed by atoms with E-state index in [0.717, 1.165) is 29.7 Å². The summed E-state index contributed by atoms with van der Waals surface area (Å²) in [4.78, 5) is 2.40. The van der Waals surface area contributed by atoms with Gasteiger partial charge in [-0.25, -0.2) is 0 Å². The van der Waals surface area contributed by atoms with E-state index < -0.39 is 0 Å². The summed E-state index contributed by atoms with van der Waals surface area (Å²) in [6.07, 6.45) is 3.96. The van der Waals surface area contributed by atoms with Crippen LogP contribution in [-0.2, 0) is 0 Å². The molecule has 0 aromatic heterocycles. The number of nitrogens with two attached hydrogens (primary N) is 1. The first kappa shape index (κ1) is 13.4. The molecule has 0 bridgehead atoms. The normalized spacial score (nSPS) is 27.7. The standard InChI is InChI=1S/C15H21BrN2O/c1-18-9-10(8-17)6-14(18)13-7-11(16)2-5-15(13)19-12-3-4-12/h2,5,7,10,12,14H,3-4,6,8-9,17H2,1H3. The Morgan fingerprint density at radius 2 is 2.21 bits per heavy atom. The quantitative estimate of drug-likeness (QED) is 0.925. The molecule has 1 aromatic rings. The smallest absolute Gasteiger partial charge is 0.124 e. The van der Waals surface area contributed by atoms with Crippen LogP contribution in [0.5, 0.6) is 5.75 Å². The molecule has 0 spiro atoms. The third-order valence-corrected chi connectivity index (χ3v) is 4.61. The van der Waals surface area contributed by atoms with Gasteiger partial charge in [0.1, 0.15) is 5.75 Å². The molecule has 2 unspecified atom stereocenters. The molecular formula is C15H21BrN2O. The molecule has 1 aliphatic heterocycles. The Bertz CT molecular complexity index is 461. The van der Waals surface area contributed by atoms with Crippen LogP contribution in [0.15, 0.2) is 22.7 Å². The predicted molar refractivity (Wildman–Crippen MR) is 80.3 cm³/mol. The van der Waals surface area contributed by atoms with Gasteiger partial charge in [0, 0.05) is 22.6 Å². The third kappa shape index (κ3) is 2.96. The van der Waals surface area contributed by atoms with Crippen LogP contribution in [0, 0.1) is 5.92 Å². The predicted octanol–water partition coefficient (Wildman–Crippen LogP) is 2.94. The van der Waals surface area contributed by atoms with E-state index >= 15 is 0 Å². The summed E-state index contributed by atoms with van der Waals surface area (Å²) in [5, 5.41) is 0. The monoisotopic (exact) mass is 324 g/mol. The van der Waals surface area contributed by atoms with Gasteiger partial charge in [0.2, 0.25) is 0 Å². The number of halogens is 1. The molecule has 0 radical (unpaired) electrons. The minimum absolute atomic E-state index is 0.430. The summed E-state index contributed by atoms with van der Waals surface area (Å²) < 4.78 is 7.18. The Balaban J connectivity index is 1.87. The van der Waals surface area contributed by atoms with Crippen molar-refractivity contribution in [2.75, 3.05) is 20.1 Å². The number of rotatable bonds is 4. The summed E-state index contributed by atoms with van der Waals surface area (Å²) >= 11 is 3.58. The van der Waals surface area contributed by atoms with Crippen LogP contribution in [0.2, 0.25) is 0 Å². The zero-order chi connectivity index (χ0) is 13.4. The minimum Gasteiger partial charge on any atom is -0.490 e. The van der Waals surface area contributed by atoms with E-state index in [2.05, 4.69) is 46.1 Å². The van der Waals surface area contributed by atoms with Crippen LogP contribution in [-0.4, -0.2) is 31.1 Å². The van der Waals surface area contributed by atoms with Crippen molar-refractivity contribution in [2.45, 2.75) is 31.4 Å². The van der Waals surface area contributed by atoms with E-state index in [-0.39, 0.29) is 0 Å². The first-order valence-electron chi connectivity index (χ1n) is 7.03. The van der Waals surface area contributed by atoms with E-state index in [1.165, 1.54) is 18.4 Å². The Morgan fingerprint density at radius 1 is 1.42 bits per heavy atom. The van der Waals surface area contributed by atoms with Crippen LogP contribution >= 0.6 is 15.9 Å². The maximum absolute atomic E-state index is 6.06. The zero-order valence-corrected chi connectivity index (χ0v) is 12.9. The molecule has 2 aliphatic rings. The van der Waals surface area contributed by atoms with E-state index in [0.29, 0.717) is 18.1 Å². The lowest BCUT2D eigenvalue weighted by molar-refractivity contribution is 0.274. The Hall–Kier alpha value is -0.580. The number of benzene rings is 1. The van der Waals surface area contributed by atoms with E-state index in [1.54, 1.807) is 0 Å². The van der Waals surface area contributed by atoms with Crippen LogP contribution in [0.3, 0.4) is 0 Å². The van der Waals surface area contributed by atoms with Gasteiger partial charge in [-0.3, -0.25) is 4.90 Å². The maximum Gasteiger partial charge on any atom is 0.124 e. The highest BCUT2D eigenvalue weighted by molar-refractivity contribution is 9.10. The number of likely N-dealkylation sites (tertiary alicyclic amines) is 1. The van der Waals surface area contributed by atoms with Crippen molar-refractivity contribution in [3.05, 3.63) is 28.2 Å². The zero-order valence-electron chi connectivity index (χ0n) is 11.3. The first-order valence-corrected chi connectivity index (χ1v) is 7.83. The van der Waals surface area contributed by atoms with Crippen LogP contribution in [0.4, 0.5) is 0 Å². The van der Waals surface area contributed by atoms with Gasteiger partial charge in [0.15, 0.2) is 0 Å². The summed E-state index contributed by atoms with van der Waals surface area (Å²) in [5.41, 5.74) is 7.13. The average Bonchev–Trinajstić information content (AvgIpc) is 3.13. The van der Waals surface area contributed by atoms with Crippen molar-refractivity contribution in [1.82, 2.24) is 4.90 Å². The molecule has 1 saturated heterocycles. The van der Waals surface area contributed by atoms with Gasteiger partial charge in [-0.1, -0.05) is 15.9 Å². The van der Waals surface area contributed by atoms with Gasteiger partial charge >= 0.3 is 0 Å². The minimum atomic E-state index is 0.430. The van der Waals surface area contributed by atoms with Crippen LogP contribution in [0.25, 0.3) is 0 Å². The molecule has 2 N–H and O–H groups in total. The molecule has 3 rings (SSSR count). The van der Waals surface area contributed by atoms with Crippen molar-refractivity contribution in [2.24, 2.45) is 11.7 Å². The van der Waals surface area contributed by atoms with Crippen molar-refractivity contribution in [1.29, 1.82) is 0 Å². The second-order valence-corrected chi connectivity index (χ2v) is 6.71. The van der Waals surface area contributed by atoms with Crippen LogP contribution < -0.4 is 10.5 Å². The molecule has 2 atom stereocenters. The van der Waals surface area contributed by atoms with Crippen molar-refractivity contribution in [3.63, 3.8) is 0 Å². The van der Waals surface area contributed by atoms with Gasteiger partial charge in [-0.15, -0.1) is 0 Å².